The van der Waals surface area contributed by atoms with Crippen molar-refractivity contribution in [2.75, 3.05) is 47.5 Å². The molecule has 0 radical (unpaired) electrons. The number of ether oxygens (including phenoxy) is 2. The maximum absolute atomic E-state index is 5.91. The zero-order valence-corrected chi connectivity index (χ0v) is 17.6. The number of hydrogen-bond acceptors (Lipinski definition) is 4. The Bertz CT molecular complexity index is 610. The predicted octanol–water partition coefficient (Wildman–Crippen LogP) is 2.56. The van der Waals surface area contributed by atoms with E-state index < -0.39 is 0 Å². The first-order chi connectivity index (χ1) is 13.0. The Balaban J connectivity index is 1.95. The van der Waals surface area contributed by atoms with Crippen LogP contribution in [-0.2, 0) is 11.3 Å². The molecule has 27 heavy (non-hydrogen) atoms. The van der Waals surface area contributed by atoms with Crippen LogP contribution in [0.1, 0.15) is 37.3 Å². The molecule has 1 aliphatic heterocycles. The number of hydrogen-bond donors (Lipinski definition) is 2. The average Bonchev–Trinajstić information content (AvgIpc) is 2.68. The highest BCUT2D eigenvalue weighted by atomic mass is 16.5. The number of benzene rings is 1. The topological polar surface area (TPSA) is 58.1 Å². The number of likely N-dealkylation sites (N-methyl/N-ethyl adjacent to an activating group) is 1. The Kier molecular flexibility index (Phi) is 8.38. The van der Waals surface area contributed by atoms with Gasteiger partial charge in [0.05, 0.1) is 6.61 Å². The van der Waals surface area contributed by atoms with Crippen LogP contribution in [0.15, 0.2) is 23.2 Å². The van der Waals surface area contributed by atoms with Gasteiger partial charge in [0, 0.05) is 44.5 Å². The van der Waals surface area contributed by atoms with Crippen LogP contribution in [-0.4, -0.2) is 63.9 Å². The molecule has 0 aliphatic carbocycles. The minimum atomic E-state index is 0.106. The molecule has 0 amide bonds. The van der Waals surface area contributed by atoms with E-state index in [1.165, 1.54) is 5.56 Å². The van der Waals surface area contributed by atoms with E-state index in [1.54, 1.807) is 0 Å². The lowest BCUT2D eigenvalue weighted by Crippen LogP contribution is -2.57. The highest BCUT2D eigenvalue weighted by Crippen LogP contribution is 2.25. The number of nitrogens with zero attached hydrogens (tertiary/aromatic N) is 2. The first-order valence-corrected chi connectivity index (χ1v) is 9.93. The van der Waals surface area contributed by atoms with E-state index in [2.05, 4.69) is 66.7 Å². The standard InChI is InChI=1S/C21H36N4O2/c1-6-11-27-19-14-17(2)7-8-18(19)15-23-20(22-3)24-16-21(25(4)5)9-12-26-13-10-21/h7-8,14H,6,9-13,15-16H2,1-5H3,(H2,22,23,24). The molecule has 0 spiro atoms. The molecule has 0 bridgehead atoms. The fourth-order valence-corrected chi connectivity index (χ4v) is 3.34. The van der Waals surface area contributed by atoms with Crippen molar-refractivity contribution < 1.29 is 9.47 Å². The predicted molar refractivity (Wildman–Crippen MR) is 112 cm³/mol. The van der Waals surface area contributed by atoms with Gasteiger partial charge in [-0.3, -0.25) is 4.99 Å². The molecule has 6 nitrogen and oxygen atoms in total. The van der Waals surface area contributed by atoms with E-state index in [1.807, 2.05) is 7.05 Å². The molecule has 0 aromatic heterocycles. The number of guanidine groups is 1. The van der Waals surface area contributed by atoms with Crippen LogP contribution in [0.3, 0.4) is 0 Å². The average molecular weight is 377 g/mol. The lowest BCUT2D eigenvalue weighted by atomic mass is 9.88. The molecule has 152 valence electrons. The Labute approximate surface area is 164 Å². The Hall–Kier alpha value is -1.79. The van der Waals surface area contributed by atoms with Crippen molar-refractivity contribution in [3.63, 3.8) is 0 Å². The molecular formula is C21H36N4O2. The zero-order chi connectivity index (χ0) is 19.7. The van der Waals surface area contributed by atoms with Gasteiger partial charge in [-0.25, -0.2) is 0 Å². The van der Waals surface area contributed by atoms with Gasteiger partial charge in [0.25, 0.3) is 0 Å². The van der Waals surface area contributed by atoms with Gasteiger partial charge in [-0.05, 0) is 51.9 Å². The first kappa shape index (κ1) is 21.5. The van der Waals surface area contributed by atoms with E-state index in [9.17, 15) is 0 Å². The SMILES string of the molecule is CCCOc1cc(C)ccc1CNC(=NC)NCC1(N(C)C)CCOCC1. The lowest BCUT2D eigenvalue weighted by molar-refractivity contribution is -0.00501. The Morgan fingerprint density at radius 1 is 1.26 bits per heavy atom. The summed E-state index contributed by atoms with van der Waals surface area (Å²) in [5.74, 6) is 1.76. The summed E-state index contributed by atoms with van der Waals surface area (Å²) in [6.45, 7) is 8.09. The van der Waals surface area contributed by atoms with Crippen molar-refractivity contribution in [3.05, 3.63) is 29.3 Å². The van der Waals surface area contributed by atoms with Crippen LogP contribution in [0.5, 0.6) is 5.75 Å². The summed E-state index contributed by atoms with van der Waals surface area (Å²) < 4.78 is 11.5. The molecule has 1 saturated heterocycles. The molecule has 6 heteroatoms. The molecule has 2 rings (SSSR count). The highest BCUT2D eigenvalue weighted by Gasteiger charge is 2.34. The van der Waals surface area contributed by atoms with Crippen LogP contribution in [0, 0.1) is 6.92 Å². The summed E-state index contributed by atoms with van der Waals surface area (Å²) >= 11 is 0. The van der Waals surface area contributed by atoms with Crippen LogP contribution in [0.25, 0.3) is 0 Å². The second-order valence-electron chi connectivity index (χ2n) is 7.47. The highest BCUT2D eigenvalue weighted by molar-refractivity contribution is 5.79. The monoisotopic (exact) mass is 376 g/mol. The third kappa shape index (κ3) is 6.11. The van der Waals surface area contributed by atoms with Gasteiger partial charge >= 0.3 is 0 Å². The molecule has 0 unspecified atom stereocenters. The summed E-state index contributed by atoms with van der Waals surface area (Å²) in [7, 11) is 6.10. The van der Waals surface area contributed by atoms with E-state index in [0.29, 0.717) is 6.54 Å². The van der Waals surface area contributed by atoms with Crippen LogP contribution in [0.2, 0.25) is 0 Å². The molecule has 1 aromatic carbocycles. The molecule has 0 saturated carbocycles. The maximum atomic E-state index is 5.91. The minimum absolute atomic E-state index is 0.106. The Morgan fingerprint density at radius 2 is 2.00 bits per heavy atom. The summed E-state index contributed by atoms with van der Waals surface area (Å²) in [5, 5.41) is 6.93. The number of aryl methyl sites for hydroxylation is 1. The molecule has 1 heterocycles. The van der Waals surface area contributed by atoms with E-state index in [0.717, 1.165) is 62.9 Å². The summed E-state index contributed by atoms with van der Waals surface area (Å²) in [6.07, 6.45) is 3.05. The summed E-state index contributed by atoms with van der Waals surface area (Å²) in [4.78, 5) is 6.70. The molecule has 0 atom stereocenters. The van der Waals surface area contributed by atoms with Crippen molar-refractivity contribution in [3.8, 4) is 5.75 Å². The zero-order valence-electron chi connectivity index (χ0n) is 17.6. The largest absolute Gasteiger partial charge is 0.493 e. The number of rotatable bonds is 8. The van der Waals surface area contributed by atoms with Gasteiger partial charge in [-0.15, -0.1) is 0 Å². The van der Waals surface area contributed by atoms with Crippen LogP contribution >= 0.6 is 0 Å². The normalized spacial score (nSPS) is 17.0. The van der Waals surface area contributed by atoms with Crippen molar-refractivity contribution in [1.29, 1.82) is 0 Å². The molecule has 2 N–H and O–H groups in total. The smallest absolute Gasteiger partial charge is 0.191 e. The third-order valence-electron chi connectivity index (χ3n) is 5.31. The van der Waals surface area contributed by atoms with Gasteiger partial charge in [0.15, 0.2) is 5.96 Å². The first-order valence-electron chi connectivity index (χ1n) is 9.93. The summed E-state index contributed by atoms with van der Waals surface area (Å²) in [5.41, 5.74) is 2.46. The van der Waals surface area contributed by atoms with Crippen LogP contribution < -0.4 is 15.4 Å². The van der Waals surface area contributed by atoms with Crippen molar-refractivity contribution in [1.82, 2.24) is 15.5 Å². The molecule has 1 aliphatic rings. The van der Waals surface area contributed by atoms with E-state index in [4.69, 9.17) is 9.47 Å². The van der Waals surface area contributed by atoms with Gasteiger partial charge in [0.1, 0.15) is 5.75 Å². The number of aliphatic imine (C=N–C) groups is 1. The molecular weight excluding hydrogens is 340 g/mol. The minimum Gasteiger partial charge on any atom is -0.493 e. The fourth-order valence-electron chi connectivity index (χ4n) is 3.34. The van der Waals surface area contributed by atoms with Crippen molar-refractivity contribution in [2.45, 2.75) is 45.2 Å². The fraction of sp³-hybridized carbons (Fsp3) is 0.667. The van der Waals surface area contributed by atoms with Gasteiger partial charge in [-0.1, -0.05) is 19.1 Å². The molecule has 1 aromatic rings. The molecule has 1 fully saturated rings. The number of nitrogens with one attached hydrogen (secondary N) is 2. The van der Waals surface area contributed by atoms with Gasteiger partial charge < -0.3 is 25.0 Å². The van der Waals surface area contributed by atoms with E-state index in [-0.39, 0.29) is 5.54 Å². The Morgan fingerprint density at radius 3 is 2.63 bits per heavy atom. The van der Waals surface area contributed by atoms with Gasteiger partial charge in [-0.2, -0.15) is 0 Å². The second-order valence-corrected chi connectivity index (χ2v) is 7.47. The van der Waals surface area contributed by atoms with Crippen molar-refractivity contribution >= 4 is 5.96 Å². The lowest BCUT2D eigenvalue weighted by Gasteiger charge is -2.43. The quantitative estimate of drug-likeness (QED) is 0.539. The third-order valence-corrected chi connectivity index (χ3v) is 5.31. The maximum Gasteiger partial charge on any atom is 0.191 e. The summed E-state index contributed by atoms with van der Waals surface area (Å²) in [6, 6.07) is 6.35. The van der Waals surface area contributed by atoms with E-state index >= 15 is 0 Å². The van der Waals surface area contributed by atoms with Crippen molar-refractivity contribution in [2.24, 2.45) is 4.99 Å². The van der Waals surface area contributed by atoms with Gasteiger partial charge in [0.2, 0.25) is 0 Å². The second kappa shape index (κ2) is 10.5. The van der Waals surface area contributed by atoms with Crippen LogP contribution in [0.4, 0.5) is 0 Å².